The van der Waals surface area contributed by atoms with Crippen LogP contribution in [0.15, 0.2) is 23.1 Å². The van der Waals surface area contributed by atoms with Gasteiger partial charge in [0.25, 0.3) is 0 Å². The smallest absolute Gasteiger partial charge is 0.248 e. The molecule has 0 bridgehead atoms. The van der Waals surface area contributed by atoms with Crippen molar-refractivity contribution in [3.63, 3.8) is 0 Å². The van der Waals surface area contributed by atoms with Gasteiger partial charge in [-0.2, -0.15) is 4.31 Å². The molecule has 4 N–H and O–H groups in total. The minimum absolute atomic E-state index is 0.0204. The molecule has 0 aromatic heterocycles. The van der Waals surface area contributed by atoms with E-state index in [4.69, 9.17) is 11.5 Å². The second-order valence-electron chi connectivity index (χ2n) is 4.82. The van der Waals surface area contributed by atoms with Crippen molar-refractivity contribution in [3.05, 3.63) is 23.8 Å². The molecule has 2 rings (SSSR count). The second kappa shape index (κ2) is 5.39. The third-order valence-corrected chi connectivity index (χ3v) is 5.35. The van der Waals surface area contributed by atoms with E-state index in [-0.39, 0.29) is 16.1 Å². The third kappa shape index (κ3) is 2.77. The van der Waals surface area contributed by atoms with Crippen molar-refractivity contribution >= 4 is 21.6 Å². The molecule has 20 heavy (non-hydrogen) atoms. The number of nitrogens with zero attached hydrogens (tertiary/aromatic N) is 2. The van der Waals surface area contributed by atoms with E-state index in [1.165, 1.54) is 22.5 Å². The van der Waals surface area contributed by atoms with Crippen LogP contribution in [0.2, 0.25) is 0 Å². The average Bonchev–Trinajstić information content (AvgIpc) is 2.38. The zero-order chi connectivity index (χ0) is 14.9. The molecule has 1 aromatic rings. The fraction of sp³-hybridized carbons (Fsp3) is 0.417. The molecule has 110 valence electrons. The van der Waals surface area contributed by atoms with Gasteiger partial charge in [0.15, 0.2) is 0 Å². The van der Waals surface area contributed by atoms with Crippen LogP contribution in [0.5, 0.6) is 0 Å². The molecule has 1 saturated heterocycles. The predicted molar refractivity (Wildman–Crippen MR) is 75.6 cm³/mol. The molecule has 0 aliphatic carbocycles. The first-order chi connectivity index (χ1) is 9.32. The van der Waals surface area contributed by atoms with Crippen LogP contribution in [0.4, 0.5) is 5.69 Å². The highest BCUT2D eigenvalue weighted by molar-refractivity contribution is 7.89. The lowest BCUT2D eigenvalue weighted by Gasteiger charge is -2.31. The van der Waals surface area contributed by atoms with Gasteiger partial charge in [0.05, 0.1) is 5.69 Å². The SMILES string of the molecule is CN1CCN(S(=O)(=O)c2ccc(C(N)=O)cc2N)CC1. The van der Waals surface area contributed by atoms with Gasteiger partial charge in [-0.3, -0.25) is 4.79 Å². The zero-order valence-corrected chi connectivity index (χ0v) is 12.1. The summed E-state index contributed by atoms with van der Waals surface area (Å²) in [7, 11) is -1.68. The minimum atomic E-state index is -3.63. The highest BCUT2D eigenvalue weighted by Gasteiger charge is 2.29. The van der Waals surface area contributed by atoms with Crippen LogP contribution in [0, 0.1) is 0 Å². The number of carbonyl (C=O) groups excluding carboxylic acids is 1. The van der Waals surface area contributed by atoms with Gasteiger partial charge in [-0.25, -0.2) is 8.42 Å². The molecule has 0 radical (unpaired) electrons. The molecule has 0 unspecified atom stereocenters. The fourth-order valence-corrected chi connectivity index (χ4v) is 3.62. The van der Waals surface area contributed by atoms with Crippen LogP contribution < -0.4 is 11.5 Å². The molecule has 0 saturated carbocycles. The Hall–Kier alpha value is -1.64. The number of anilines is 1. The van der Waals surface area contributed by atoms with Crippen molar-refractivity contribution in [3.8, 4) is 0 Å². The van der Waals surface area contributed by atoms with E-state index in [2.05, 4.69) is 4.90 Å². The summed E-state index contributed by atoms with van der Waals surface area (Å²) < 4.78 is 26.4. The molecule has 1 aromatic carbocycles. The molecule has 1 amide bonds. The lowest BCUT2D eigenvalue weighted by Crippen LogP contribution is -2.47. The molecule has 8 heteroatoms. The number of primary amides is 1. The van der Waals surface area contributed by atoms with Gasteiger partial charge >= 0.3 is 0 Å². The number of sulfonamides is 1. The number of amides is 1. The van der Waals surface area contributed by atoms with Crippen LogP contribution in [0.1, 0.15) is 10.4 Å². The summed E-state index contributed by atoms with van der Waals surface area (Å²) in [6, 6.07) is 4.01. The Morgan fingerprint density at radius 1 is 1.20 bits per heavy atom. The normalized spacial score (nSPS) is 18.1. The molecule has 1 fully saturated rings. The fourth-order valence-electron chi connectivity index (χ4n) is 2.10. The maximum Gasteiger partial charge on any atom is 0.248 e. The maximum absolute atomic E-state index is 12.5. The number of likely N-dealkylation sites (N-methyl/N-ethyl adjacent to an activating group) is 1. The molecular weight excluding hydrogens is 280 g/mol. The summed E-state index contributed by atoms with van der Waals surface area (Å²) >= 11 is 0. The van der Waals surface area contributed by atoms with E-state index >= 15 is 0 Å². The summed E-state index contributed by atoms with van der Waals surface area (Å²) in [6.07, 6.45) is 0. The summed E-state index contributed by atoms with van der Waals surface area (Å²) in [5.74, 6) is -0.639. The number of hydrogen-bond acceptors (Lipinski definition) is 5. The topological polar surface area (TPSA) is 110 Å². The number of rotatable bonds is 3. The average molecular weight is 298 g/mol. The highest BCUT2D eigenvalue weighted by atomic mass is 32.2. The van der Waals surface area contributed by atoms with Crippen molar-refractivity contribution in [2.45, 2.75) is 4.90 Å². The van der Waals surface area contributed by atoms with Crippen LogP contribution >= 0.6 is 0 Å². The molecule has 0 spiro atoms. The summed E-state index contributed by atoms with van der Waals surface area (Å²) in [5.41, 5.74) is 11.1. The number of hydrogen-bond donors (Lipinski definition) is 2. The van der Waals surface area contributed by atoms with Gasteiger partial charge in [0.2, 0.25) is 15.9 Å². The van der Waals surface area contributed by atoms with E-state index in [1.54, 1.807) is 0 Å². The zero-order valence-electron chi connectivity index (χ0n) is 11.2. The lowest BCUT2D eigenvalue weighted by atomic mass is 10.2. The van der Waals surface area contributed by atoms with E-state index in [9.17, 15) is 13.2 Å². The maximum atomic E-state index is 12.5. The monoisotopic (exact) mass is 298 g/mol. The van der Waals surface area contributed by atoms with Gasteiger partial charge in [-0.05, 0) is 25.2 Å². The van der Waals surface area contributed by atoms with Crippen molar-refractivity contribution in [1.29, 1.82) is 0 Å². The number of nitrogens with two attached hydrogens (primary N) is 2. The van der Waals surface area contributed by atoms with Gasteiger partial charge in [-0.1, -0.05) is 0 Å². The standard InChI is InChI=1S/C12H18N4O3S/c1-15-4-6-16(7-5-15)20(18,19)11-3-2-9(12(14)17)8-10(11)13/h2-3,8H,4-7,13H2,1H3,(H2,14,17). The highest BCUT2D eigenvalue weighted by Crippen LogP contribution is 2.24. The van der Waals surface area contributed by atoms with Crippen molar-refractivity contribution in [2.75, 3.05) is 39.0 Å². The Morgan fingerprint density at radius 3 is 2.30 bits per heavy atom. The molecule has 0 atom stereocenters. The Kier molecular flexibility index (Phi) is 3.98. The quantitative estimate of drug-likeness (QED) is 0.717. The van der Waals surface area contributed by atoms with Crippen LogP contribution in [0.3, 0.4) is 0 Å². The van der Waals surface area contributed by atoms with Gasteiger partial charge < -0.3 is 16.4 Å². The molecule has 1 aliphatic rings. The largest absolute Gasteiger partial charge is 0.398 e. The van der Waals surface area contributed by atoms with E-state index < -0.39 is 15.9 Å². The molecule has 1 aliphatic heterocycles. The first-order valence-electron chi connectivity index (χ1n) is 6.20. The molecule has 1 heterocycles. The third-order valence-electron chi connectivity index (χ3n) is 3.37. The Balaban J connectivity index is 2.32. The first-order valence-corrected chi connectivity index (χ1v) is 7.64. The number of benzene rings is 1. The Bertz CT molecular complexity index is 622. The van der Waals surface area contributed by atoms with E-state index in [0.717, 1.165) is 0 Å². The summed E-state index contributed by atoms with van der Waals surface area (Å²) in [5, 5.41) is 0. The number of piperazine rings is 1. The van der Waals surface area contributed by atoms with Crippen LogP contribution in [-0.4, -0.2) is 56.8 Å². The summed E-state index contributed by atoms with van der Waals surface area (Å²) in [6.45, 7) is 2.21. The van der Waals surface area contributed by atoms with Crippen molar-refractivity contribution in [1.82, 2.24) is 9.21 Å². The van der Waals surface area contributed by atoms with Crippen molar-refractivity contribution < 1.29 is 13.2 Å². The molecular formula is C12H18N4O3S. The van der Waals surface area contributed by atoms with Gasteiger partial charge in [-0.15, -0.1) is 0 Å². The van der Waals surface area contributed by atoms with Crippen LogP contribution in [0.25, 0.3) is 0 Å². The lowest BCUT2D eigenvalue weighted by molar-refractivity contribution is 0.1000. The van der Waals surface area contributed by atoms with E-state index in [0.29, 0.717) is 26.2 Å². The van der Waals surface area contributed by atoms with Crippen molar-refractivity contribution in [2.24, 2.45) is 5.73 Å². The predicted octanol–water partition coefficient (Wildman–Crippen LogP) is -0.696. The molecule has 7 nitrogen and oxygen atoms in total. The Morgan fingerprint density at radius 2 is 1.80 bits per heavy atom. The second-order valence-corrected chi connectivity index (χ2v) is 6.73. The Labute approximate surface area is 118 Å². The number of carbonyl (C=O) groups is 1. The van der Waals surface area contributed by atoms with Gasteiger partial charge in [0, 0.05) is 31.7 Å². The minimum Gasteiger partial charge on any atom is -0.398 e. The van der Waals surface area contributed by atoms with Crippen LogP contribution in [-0.2, 0) is 10.0 Å². The number of nitrogen functional groups attached to an aromatic ring is 1. The van der Waals surface area contributed by atoms with E-state index in [1.807, 2.05) is 7.05 Å². The van der Waals surface area contributed by atoms with Gasteiger partial charge in [0.1, 0.15) is 4.90 Å². The summed E-state index contributed by atoms with van der Waals surface area (Å²) in [4.78, 5) is 13.1. The first kappa shape index (κ1) is 14.8.